The molecule has 0 bridgehead atoms. The number of nitrogens with zero attached hydrogens (tertiary/aromatic N) is 6. The summed E-state index contributed by atoms with van der Waals surface area (Å²) in [5.74, 6) is 3.97. The first kappa shape index (κ1) is 50.4. The third kappa shape index (κ3) is 11.7. The number of rotatable bonds is 11. The van der Waals surface area contributed by atoms with Crippen LogP contribution in [0, 0.1) is 0 Å². The minimum atomic E-state index is 0. The van der Waals surface area contributed by atoms with Crippen LogP contribution in [0.25, 0.3) is 44.2 Å². The first-order chi connectivity index (χ1) is 31.7. The smallest absolute Gasteiger partial charge is 0.443 e. The molecule has 4 aromatic carbocycles. The van der Waals surface area contributed by atoms with E-state index in [0.717, 1.165) is 27.5 Å². The van der Waals surface area contributed by atoms with Crippen molar-refractivity contribution in [2.75, 3.05) is 0 Å². The molecule has 338 valence electrons. The Balaban J connectivity index is 0.000000224. The van der Waals surface area contributed by atoms with E-state index in [9.17, 15) is 0 Å². The number of aromatic nitrogens is 4. The topological polar surface area (TPSA) is 78.7 Å². The monoisotopic (exact) mass is 934 g/mol. The van der Waals surface area contributed by atoms with E-state index in [0.29, 0.717) is 58.1 Å². The van der Waals surface area contributed by atoms with Crippen LogP contribution < -0.4 is 20.9 Å². The Morgan fingerprint density at radius 3 is 1.21 bits per heavy atom. The van der Waals surface area contributed by atoms with Gasteiger partial charge in [-0.3, -0.25) is 9.97 Å². The third-order valence-corrected chi connectivity index (χ3v) is 12.3. The van der Waals surface area contributed by atoms with Gasteiger partial charge in [0.25, 0.3) is 0 Å². The van der Waals surface area contributed by atoms with Gasteiger partial charge in [0.15, 0.2) is 0 Å². The van der Waals surface area contributed by atoms with Crippen LogP contribution in [0.2, 0.25) is 0 Å². The molecule has 4 aromatic heterocycles. The summed E-state index contributed by atoms with van der Waals surface area (Å²) < 4.78 is 0. The van der Waals surface area contributed by atoms with Gasteiger partial charge in [-0.15, -0.1) is 0 Å². The second-order valence-electron chi connectivity index (χ2n) is 19.2. The van der Waals surface area contributed by atoms with Crippen molar-refractivity contribution in [3.63, 3.8) is 0 Å². The molecular weight excluding hydrogens is 870 g/mol. The summed E-state index contributed by atoms with van der Waals surface area (Å²) in [5.41, 5.74) is 16.9. The van der Waals surface area contributed by atoms with E-state index in [2.05, 4.69) is 206 Å². The summed E-state index contributed by atoms with van der Waals surface area (Å²) in [5, 5.41) is 2.16. The Morgan fingerprint density at radius 2 is 0.776 bits per heavy atom. The molecule has 0 aliphatic carbocycles. The van der Waals surface area contributed by atoms with E-state index in [1.807, 2.05) is 36.8 Å². The molecule has 7 heteroatoms. The van der Waals surface area contributed by atoms with Gasteiger partial charge in [0.2, 0.25) is 0 Å². The molecule has 0 radical (unpaired) electrons. The van der Waals surface area contributed by atoms with Gasteiger partial charge in [-0.2, -0.15) is 0 Å². The van der Waals surface area contributed by atoms with Crippen LogP contribution in [0.15, 0.2) is 156 Å². The average Bonchev–Trinajstić information content (AvgIpc) is 3.31. The molecule has 0 aliphatic heterocycles. The number of pyridine rings is 4. The number of hydrogen-bond acceptors (Lipinski definition) is 4. The van der Waals surface area contributed by atoms with Crippen molar-refractivity contribution in [3.8, 4) is 33.4 Å². The van der Waals surface area contributed by atoms with Crippen molar-refractivity contribution in [1.82, 2.24) is 19.9 Å². The fraction of sp³-hybridized carbons (Fsp3) is 0.300. The zero-order chi connectivity index (χ0) is 47.1. The van der Waals surface area contributed by atoms with Gasteiger partial charge in [-0.05, 0) is 126 Å². The molecule has 0 fully saturated rings. The van der Waals surface area contributed by atoms with Crippen LogP contribution in [0.1, 0.15) is 152 Å². The predicted octanol–water partition coefficient (Wildman–Crippen LogP) is 15.4. The van der Waals surface area contributed by atoms with E-state index in [1.165, 1.54) is 50.1 Å². The molecule has 0 N–H and O–H groups in total. The summed E-state index contributed by atoms with van der Waals surface area (Å²) >= 11 is 0. The van der Waals surface area contributed by atoms with Gasteiger partial charge in [0.05, 0.1) is 11.6 Å². The minimum absolute atomic E-state index is 0. The second kappa shape index (κ2) is 22.6. The SMILES string of the molecule is CC(C)c1cccc(C(C)C)c1-c1cc[n-]c(=Nc2nccc3ccccc23)c1.CC(C)c1cccc(C(C)C)c1-c1ccnc(N=c2cc(-c3c(C(C)C)cccc3C(C)C)cc[n-]2)c1.[Zn+2]. The maximum atomic E-state index is 4.89. The number of benzene rings is 4. The fourth-order valence-electron chi connectivity index (χ4n) is 8.98. The largest absolute Gasteiger partial charge is 2.00 e. The summed E-state index contributed by atoms with van der Waals surface area (Å²) in [6.07, 6.45) is 7.38. The molecule has 0 spiro atoms. The number of hydrogen-bond donors (Lipinski definition) is 0. The summed E-state index contributed by atoms with van der Waals surface area (Å²) in [6.45, 7) is 27.0. The van der Waals surface area contributed by atoms with E-state index in [1.54, 1.807) is 6.20 Å². The molecule has 0 amide bonds. The number of fused-ring (bicyclic) bond motifs is 1. The molecule has 0 saturated heterocycles. The van der Waals surface area contributed by atoms with E-state index in [-0.39, 0.29) is 19.5 Å². The Morgan fingerprint density at radius 1 is 0.388 bits per heavy atom. The van der Waals surface area contributed by atoms with Crippen molar-refractivity contribution < 1.29 is 19.5 Å². The Bertz CT molecular complexity index is 2990. The van der Waals surface area contributed by atoms with Crippen LogP contribution in [-0.4, -0.2) is 9.97 Å². The third-order valence-electron chi connectivity index (χ3n) is 12.3. The van der Waals surface area contributed by atoms with Crippen molar-refractivity contribution in [3.05, 3.63) is 190 Å². The predicted molar refractivity (Wildman–Crippen MR) is 277 cm³/mol. The Hall–Kier alpha value is -6.04. The van der Waals surface area contributed by atoms with Gasteiger partial charge in [-0.25, -0.2) is 0 Å². The summed E-state index contributed by atoms with van der Waals surface area (Å²) in [6, 6.07) is 42.7. The van der Waals surface area contributed by atoms with Crippen LogP contribution in [0.3, 0.4) is 0 Å². The van der Waals surface area contributed by atoms with E-state index in [4.69, 9.17) is 9.98 Å². The molecule has 8 rings (SSSR count). The molecular formula is C60H66N6Zn. The van der Waals surface area contributed by atoms with Gasteiger partial charge in [0, 0.05) is 17.8 Å². The zero-order valence-corrected chi connectivity index (χ0v) is 44.7. The maximum Gasteiger partial charge on any atom is 2.00 e. The maximum absolute atomic E-state index is 4.89. The van der Waals surface area contributed by atoms with Crippen LogP contribution in [-0.2, 0) is 19.5 Å². The van der Waals surface area contributed by atoms with Gasteiger partial charge in [-0.1, -0.05) is 210 Å². The van der Waals surface area contributed by atoms with Crippen LogP contribution >= 0.6 is 0 Å². The Labute approximate surface area is 412 Å². The van der Waals surface area contributed by atoms with Gasteiger partial charge >= 0.3 is 19.5 Å². The van der Waals surface area contributed by atoms with Crippen molar-refractivity contribution in [2.45, 2.75) is 119 Å². The minimum Gasteiger partial charge on any atom is -0.443 e. The molecule has 0 saturated carbocycles. The first-order valence-corrected chi connectivity index (χ1v) is 23.8. The molecule has 67 heavy (non-hydrogen) atoms. The van der Waals surface area contributed by atoms with Crippen molar-refractivity contribution in [2.24, 2.45) is 9.98 Å². The van der Waals surface area contributed by atoms with Crippen LogP contribution in [0.4, 0.5) is 11.6 Å². The quantitative estimate of drug-likeness (QED) is 0.121. The molecule has 8 aromatic rings. The van der Waals surface area contributed by atoms with Gasteiger partial charge < -0.3 is 20.0 Å². The van der Waals surface area contributed by atoms with Gasteiger partial charge in [0.1, 0.15) is 0 Å². The van der Waals surface area contributed by atoms with Crippen LogP contribution in [0.5, 0.6) is 0 Å². The molecule has 4 heterocycles. The van der Waals surface area contributed by atoms with Crippen molar-refractivity contribution >= 4 is 22.4 Å². The molecule has 0 aliphatic rings. The summed E-state index contributed by atoms with van der Waals surface area (Å²) in [4.78, 5) is 27.9. The van der Waals surface area contributed by atoms with E-state index < -0.39 is 0 Å². The fourth-order valence-corrected chi connectivity index (χ4v) is 8.98. The zero-order valence-electron chi connectivity index (χ0n) is 41.7. The molecule has 0 atom stereocenters. The molecule has 6 nitrogen and oxygen atoms in total. The average molecular weight is 937 g/mol. The first-order valence-electron chi connectivity index (χ1n) is 23.8. The standard InChI is InChI=1S/C34H40N3.C26H26N3.Zn/c1-21(2)27-11-9-12-28(22(3)4)33(27)25-15-17-35-31(19-25)37-32-20-26(16-18-36-32)34-29(23(5)6)13-10-14-30(34)24(7)8;1-17(2)21-10-7-11-22(18(3)4)25(21)20-13-14-27-24(16-20)29-26-23-9-6-5-8-19(23)12-15-28-26;/h9-24H,1-8H3;5-18H,1-4H3;/q2*-1;+2. The summed E-state index contributed by atoms with van der Waals surface area (Å²) in [7, 11) is 0. The van der Waals surface area contributed by atoms with E-state index >= 15 is 0 Å². The normalized spacial score (nSPS) is 12.1. The Kier molecular flexibility index (Phi) is 17.0. The molecule has 0 unspecified atom stereocenters. The second-order valence-corrected chi connectivity index (χ2v) is 19.2. The van der Waals surface area contributed by atoms with Crippen molar-refractivity contribution in [1.29, 1.82) is 0 Å².